The zero-order chi connectivity index (χ0) is 21.2. The van der Waals surface area contributed by atoms with Crippen LogP contribution in [-0.4, -0.2) is 32.4 Å². The number of nitrogens with one attached hydrogen (secondary N) is 1. The smallest absolute Gasteiger partial charge is 0.310 e. The topological polar surface area (TPSA) is 110 Å². The Morgan fingerprint density at radius 1 is 1.17 bits per heavy atom. The highest BCUT2D eigenvalue weighted by Crippen LogP contribution is 2.36. The van der Waals surface area contributed by atoms with Crippen molar-refractivity contribution in [2.45, 2.75) is 23.8 Å². The maximum absolute atomic E-state index is 13.1. The third kappa shape index (κ3) is 4.52. The molecule has 0 saturated heterocycles. The van der Waals surface area contributed by atoms with E-state index < -0.39 is 40.1 Å². The van der Waals surface area contributed by atoms with E-state index in [1.165, 1.54) is 19.2 Å². The lowest BCUT2D eigenvalue weighted by molar-refractivity contribution is -0.140. The highest BCUT2D eigenvalue weighted by molar-refractivity contribution is 7.89. The third-order valence-corrected chi connectivity index (χ3v) is 5.94. The molecule has 2 aromatic rings. The van der Waals surface area contributed by atoms with Crippen molar-refractivity contribution < 1.29 is 32.2 Å². The van der Waals surface area contributed by atoms with Crippen molar-refractivity contribution in [2.75, 3.05) is 7.11 Å². The molecular weight excluding hydrogens is 401 g/mol. The number of rotatable bonds is 8. The molecule has 0 bridgehead atoms. The number of ketones is 1. The highest BCUT2D eigenvalue weighted by atomic mass is 32.2. The fourth-order valence-corrected chi connectivity index (χ4v) is 4.35. The van der Waals surface area contributed by atoms with Crippen LogP contribution >= 0.6 is 0 Å². The van der Waals surface area contributed by atoms with Gasteiger partial charge in [0.15, 0.2) is 0 Å². The summed E-state index contributed by atoms with van der Waals surface area (Å²) in [4.78, 5) is 22.7. The maximum atomic E-state index is 13.1. The van der Waals surface area contributed by atoms with E-state index in [1.54, 1.807) is 24.3 Å². The standard InChI is InChI=1S/C20H18FNO6S/c1-28-19-9-7-16-15(17(19)10-13(23)11-20(24)25)6-8-18(16)22-29(26,27)14-4-2-12(21)3-5-14/h2-9,18,22H,10-11H2,1H3,(H,24,25). The minimum absolute atomic E-state index is 0.0777. The van der Waals surface area contributed by atoms with Gasteiger partial charge in [-0.15, -0.1) is 0 Å². The Balaban J connectivity index is 1.90. The van der Waals surface area contributed by atoms with E-state index in [2.05, 4.69) is 4.72 Å². The maximum Gasteiger partial charge on any atom is 0.310 e. The van der Waals surface area contributed by atoms with E-state index in [4.69, 9.17) is 9.84 Å². The molecule has 1 aliphatic carbocycles. The molecule has 152 valence electrons. The van der Waals surface area contributed by atoms with Crippen LogP contribution in [0.4, 0.5) is 4.39 Å². The minimum Gasteiger partial charge on any atom is -0.496 e. The molecule has 3 rings (SSSR count). The lowest BCUT2D eigenvalue weighted by atomic mass is 9.96. The summed E-state index contributed by atoms with van der Waals surface area (Å²) < 4.78 is 46.1. The quantitative estimate of drug-likeness (QED) is 0.636. The number of Topliss-reactive ketones (excluding diaryl/α,β-unsaturated/α-hetero) is 1. The lowest BCUT2D eigenvalue weighted by Crippen LogP contribution is -2.27. The molecule has 7 nitrogen and oxygen atoms in total. The van der Waals surface area contributed by atoms with Gasteiger partial charge in [0.25, 0.3) is 0 Å². The van der Waals surface area contributed by atoms with Gasteiger partial charge in [-0.25, -0.2) is 12.8 Å². The van der Waals surface area contributed by atoms with Crippen LogP contribution in [0.15, 0.2) is 47.4 Å². The molecule has 1 unspecified atom stereocenters. The molecule has 0 heterocycles. The molecule has 1 atom stereocenters. The summed E-state index contributed by atoms with van der Waals surface area (Å²) in [6.07, 6.45) is 2.52. The van der Waals surface area contributed by atoms with E-state index in [9.17, 15) is 22.4 Å². The summed E-state index contributed by atoms with van der Waals surface area (Å²) in [7, 11) is -2.48. The number of sulfonamides is 1. The fourth-order valence-electron chi connectivity index (χ4n) is 3.18. The second kappa shape index (κ2) is 8.14. The lowest BCUT2D eigenvalue weighted by Gasteiger charge is -2.17. The Bertz CT molecular complexity index is 1090. The number of carbonyl (C=O) groups excluding carboxylic acids is 1. The van der Waals surface area contributed by atoms with Crippen molar-refractivity contribution in [3.63, 3.8) is 0 Å². The molecule has 0 saturated carbocycles. The number of benzene rings is 2. The van der Waals surface area contributed by atoms with Crippen LogP contribution < -0.4 is 9.46 Å². The van der Waals surface area contributed by atoms with Gasteiger partial charge in [-0.1, -0.05) is 18.2 Å². The first-order valence-electron chi connectivity index (χ1n) is 8.60. The molecule has 0 aliphatic heterocycles. The molecule has 1 aliphatic rings. The number of hydrogen-bond acceptors (Lipinski definition) is 5. The summed E-state index contributed by atoms with van der Waals surface area (Å²) in [6.45, 7) is 0. The first kappa shape index (κ1) is 20.7. The van der Waals surface area contributed by atoms with Crippen molar-refractivity contribution in [3.05, 3.63) is 65.0 Å². The number of ether oxygens (including phenoxy) is 1. The Hall–Kier alpha value is -3.04. The zero-order valence-corrected chi connectivity index (χ0v) is 16.2. The van der Waals surface area contributed by atoms with Crippen LogP contribution in [0, 0.1) is 5.82 Å². The van der Waals surface area contributed by atoms with E-state index >= 15 is 0 Å². The van der Waals surface area contributed by atoms with Crippen molar-refractivity contribution >= 4 is 27.9 Å². The Morgan fingerprint density at radius 3 is 2.48 bits per heavy atom. The molecular formula is C20H18FNO6S. The molecule has 0 aromatic heterocycles. The number of carboxylic acids is 1. The third-order valence-electron chi connectivity index (χ3n) is 4.49. The number of methoxy groups -OCH3 is 1. The van der Waals surface area contributed by atoms with Crippen LogP contribution in [-0.2, 0) is 26.0 Å². The number of aliphatic carboxylic acids is 1. The van der Waals surface area contributed by atoms with E-state index in [-0.39, 0.29) is 11.3 Å². The van der Waals surface area contributed by atoms with Crippen LogP contribution in [0.5, 0.6) is 5.75 Å². The normalized spacial score (nSPS) is 15.2. The van der Waals surface area contributed by atoms with Crippen molar-refractivity contribution in [1.82, 2.24) is 4.72 Å². The van der Waals surface area contributed by atoms with E-state index in [0.29, 0.717) is 22.4 Å². The zero-order valence-electron chi connectivity index (χ0n) is 15.4. The molecule has 9 heteroatoms. The summed E-state index contributed by atoms with van der Waals surface area (Å²) in [5.74, 6) is -1.85. The van der Waals surface area contributed by atoms with Crippen molar-refractivity contribution in [3.8, 4) is 5.75 Å². The molecule has 0 radical (unpaired) electrons. The second-order valence-corrected chi connectivity index (χ2v) is 8.16. The van der Waals surface area contributed by atoms with Gasteiger partial charge in [0.05, 0.1) is 18.0 Å². The highest BCUT2D eigenvalue weighted by Gasteiger charge is 2.27. The number of fused-ring (bicyclic) bond motifs is 1. The van der Waals surface area contributed by atoms with Crippen molar-refractivity contribution in [1.29, 1.82) is 0 Å². The largest absolute Gasteiger partial charge is 0.496 e. The molecule has 2 N–H and O–H groups in total. The number of carbonyl (C=O) groups is 2. The van der Waals surface area contributed by atoms with Gasteiger partial charge in [0.1, 0.15) is 23.8 Å². The second-order valence-electron chi connectivity index (χ2n) is 6.45. The van der Waals surface area contributed by atoms with Gasteiger partial charge in [0.2, 0.25) is 10.0 Å². The SMILES string of the molecule is COc1ccc2c(c1CC(=O)CC(=O)O)C=CC2NS(=O)(=O)c1ccc(F)cc1. The van der Waals surface area contributed by atoms with E-state index in [0.717, 1.165) is 12.1 Å². The van der Waals surface area contributed by atoms with Crippen molar-refractivity contribution in [2.24, 2.45) is 0 Å². The van der Waals surface area contributed by atoms with Crippen LogP contribution in [0.3, 0.4) is 0 Å². The predicted molar refractivity (Wildman–Crippen MR) is 102 cm³/mol. The average Bonchev–Trinajstić information content (AvgIpc) is 3.04. The number of halogens is 1. The average molecular weight is 419 g/mol. The van der Waals surface area contributed by atoms with Crippen LogP contribution in [0.2, 0.25) is 0 Å². The predicted octanol–water partition coefficient (Wildman–Crippen LogP) is 2.47. The Kier molecular flexibility index (Phi) is 5.81. The van der Waals surface area contributed by atoms with Gasteiger partial charge in [-0.05, 0) is 41.5 Å². The molecule has 2 aromatic carbocycles. The van der Waals surface area contributed by atoms with E-state index in [1.807, 2.05) is 0 Å². The number of hydrogen-bond donors (Lipinski definition) is 2. The van der Waals surface area contributed by atoms with Gasteiger partial charge >= 0.3 is 5.97 Å². The van der Waals surface area contributed by atoms with Gasteiger partial charge < -0.3 is 9.84 Å². The monoisotopic (exact) mass is 419 g/mol. The summed E-state index contributed by atoms with van der Waals surface area (Å²) in [6, 6.07) is 7.04. The van der Waals surface area contributed by atoms with Crippen LogP contribution in [0.1, 0.15) is 29.2 Å². The van der Waals surface area contributed by atoms with Gasteiger partial charge in [-0.3, -0.25) is 9.59 Å². The number of carboxylic acid groups (broad SMARTS) is 1. The van der Waals surface area contributed by atoms with Gasteiger partial charge in [0, 0.05) is 12.0 Å². The summed E-state index contributed by atoms with van der Waals surface area (Å²) in [5.41, 5.74) is 1.71. The molecule has 0 spiro atoms. The molecule has 0 fully saturated rings. The first-order chi connectivity index (χ1) is 13.7. The Morgan fingerprint density at radius 2 is 1.86 bits per heavy atom. The summed E-state index contributed by atoms with van der Waals surface area (Å²) in [5, 5.41) is 8.81. The fraction of sp³-hybridized carbons (Fsp3) is 0.200. The minimum atomic E-state index is -3.91. The molecule has 29 heavy (non-hydrogen) atoms. The van der Waals surface area contributed by atoms with Gasteiger partial charge in [-0.2, -0.15) is 4.72 Å². The Labute approximate surface area is 166 Å². The molecule has 0 amide bonds. The van der Waals surface area contributed by atoms with Crippen LogP contribution in [0.25, 0.3) is 6.08 Å². The summed E-state index contributed by atoms with van der Waals surface area (Å²) >= 11 is 0. The first-order valence-corrected chi connectivity index (χ1v) is 10.1.